The molecule has 5 nitrogen and oxygen atoms in total. The van der Waals surface area contributed by atoms with E-state index in [0.29, 0.717) is 22.3 Å². The van der Waals surface area contributed by atoms with Crippen LogP contribution >= 0.6 is 22.9 Å². The third-order valence-corrected chi connectivity index (χ3v) is 4.48. The second-order valence-corrected chi connectivity index (χ2v) is 6.87. The molecule has 128 valence electrons. The Morgan fingerprint density at radius 3 is 2.60 bits per heavy atom. The number of amides is 1. The molecule has 1 atom stereocenters. The van der Waals surface area contributed by atoms with Crippen molar-refractivity contribution in [3.63, 3.8) is 0 Å². The normalized spacial score (nSPS) is 11.8. The van der Waals surface area contributed by atoms with Gasteiger partial charge in [0.15, 0.2) is 6.10 Å². The van der Waals surface area contributed by atoms with Crippen LogP contribution in [-0.4, -0.2) is 22.2 Å². The number of nitrogens with one attached hydrogen (secondary N) is 1. The van der Waals surface area contributed by atoms with Crippen molar-refractivity contribution in [2.75, 3.05) is 5.32 Å². The number of rotatable bonds is 6. The summed E-state index contributed by atoms with van der Waals surface area (Å²) in [4.78, 5) is 12.2. The van der Waals surface area contributed by atoms with Gasteiger partial charge in [-0.1, -0.05) is 53.3 Å². The fourth-order valence-electron chi connectivity index (χ4n) is 2.12. The van der Waals surface area contributed by atoms with Gasteiger partial charge in [0, 0.05) is 11.4 Å². The lowest BCUT2D eigenvalue weighted by atomic mass is 10.2. The van der Waals surface area contributed by atoms with Crippen LogP contribution in [0.25, 0.3) is 0 Å². The number of benzene rings is 2. The molecular weight excluding hydrogens is 358 g/mol. The summed E-state index contributed by atoms with van der Waals surface area (Å²) >= 11 is 7.18. The average molecular weight is 374 g/mol. The van der Waals surface area contributed by atoms with E-state index in [1.165, 1.54) is 11.3 Å². The van der Waals surface area contributed by atoms with E-state index in [1.54, 1.807) is 31.2 Å². The topological polar surface area (TPSA) is 64.1 Å². The molecule has 7 heteroatoms. The van der Waals surface area contributed by atoms with E-state index in [1.807, 2.05) is 30.3 Å². The molecule has 1 amide bonds. The van der Waals surface area contributed by atoms with Crippen LogP contribution in [0.1, 0.15) is 17.5 Å². The van der Waals surface area contributed by atoms with Gasteiger partial charge in [0.1, 0.15) is 10.8 Å². The average Bonchev–Trinajstić information content (AvgIpc) is 3.04. The summed E-state index contributed by atoms with van der Waals surface area (Å²) in [5.74, 6) is 0.298. The molecule has 1 heterocycles. The van der Waals surface area contributed by atoms with E-state index >= 15 is 0 Å². The van der Waals surface area contributed by atoms with Crippen molar-refractivity contribution in [1.29, 1.82) is 0 Å². The molecule has 3 aromatic rings. The highest BCUT2D eigenvalue weighted by atomic mass is 35.5. The van der Waals surface area contributed by atoms with Gasteiger partial charge in [0.25, 0.3) is 5.91 Å². The van der Waals surface area contributed by atoms with Crippen LogP contribution < -0.4 is 10.1 Å². The highest BCUT2D eigenvalue weighted by Crippen LogP contribution is 2.20. The molecule has 1 N–H and O–H groups in total. The third kappa shape index (κ3) is 5.01. The number of ether oxygens (including phenoxy) is 1. The lowest BCUT2D eigenvalue weighted by Crippen LogP contribution is -2.30. The summed E-state index contributed by atoms with van der Waals surface area (Å²) in [5.41, 5.74) is 1.15. The van der Waals surface area contributed by atoms with Crippen molar-refractivity contribution in [3.8, 4) is 5.75 Å². The highest BCUT2D eigenvalue weighted by molar-refractivity contribution is 7.15. The quantitative estimate of drug-likeness (QED) is 0.703. The van der Waals surface area contributed by atoms with Crippen molar-refractivity contribution in [1.82, 2.24) is 10.2 Å². The van der Waals surface area contributed by atoms with Crippen LogP contribution in [0.5, 0.6) is 5.75 Å². The lowest BCUT2D eigenvalue weighted by Gasteiger charge is -2.13. The monoisotopic (exact) mass is 373 g/mol. The number of aromatic nitrogens is 2. The molecule has 0 fully saturated rings. The summed E-state index contributed by atoms with van der Waals surface area (Å²) in [6.07, 6.45) is 0.0215. The molecule has 0 spiro atoms. The molecule has 0 radical (unpaired) electrons. The summed E-state index contributed by atoms with van der Waals surface area (Å²) in [6.45, 7) is 1.68. The van der Waals surface area contributed by atoms with Crippen LogP contribution in [0.4, 0.5) is 5.13 Å². The van der Waals surface area contributed by atoms with Crippen LogP contribution in [0, 0.1) is 0 Å². The van der Waals surface area contributed by atoms with E-state index in [2.05, 4.69) is 15.5 Å². The minimum Gasteiger partial charge on any atom is -0.481 e. The Bertz CT molecular complexity index is 837. The zero-order valence-electron chi connectivity index (χ0n) is 13.5. The summed E-state index contributed by atoms with van der Waals surface area (Å²) in [5, 5.41) is 12.8. The minimum atomic E-state index is -0.664. The van der Waals surface area contributed by atoms with Crippen LogP contribution in [0.3, 0.4) is 0 Å². The number of hydrogen-bond acceptors (Lipinski definition) is 5. The van der Waals surface area contributed by atoms with Crippen molar-refractivity contribution in [2.24, 2.45) is 0 Å². The number of carbonyl (C=O) groups excluding carboxylic acids is 1. The molecule has 2 aromatic carbocycles. The third-order valence-electron chi connectivity index (χ3n) is 3.39. The Balaban J connectivity index is 1.56. The molecule has 1 unspecified atom stereocenters. The first-order valence-corrected chi connectivity index (χ1v) is 8.89. The molecule has 0 saturated carbocycles. The molecule has 3 rings (SSSR count). The van der Waals surface area contributed by atoms with Crippen molar-refractivity contribution in [2.45, 2.75) is 19.4 Å². The zero-order valence-corrected chi connectivity index (χ0v) is 15.1. The zero-order chi connectivity index (χ0) is 17.6. The van der Waals surface area contributed by atoms with Gasteiger partial charge in [0.05, 0.1) is 0 Å². The molecule has 0 saturated heterocycles. The maximum Gasteiger partial charge on any atom is 0.266 e. The minimum absolute atomic E-state index is 0.280. The standard InChI is InChI=1S/C18H16ClN3O2S/c1-12(24-15-9-7-14(19)8-10-15)17(23)20-18-22-21-16(25-18)11-13-5-3-2-4-6-13/h2-10,12H,11H2,1H3,(H,20,22,23). The first-order valence-electron chi connectivity index (χ1n) is 7.69. The largest absolute Gasteiger partial charge is 0.481 e. The van der Waals surface area contributed by atoms with E-state index in [4.69, 9.17) is 16.3 Å². The van der Waals surface area contributed by atoms with Crippen LogP contribution in [-0.2, 0) is 11.2 Å². The van der Waals surface area contributed by atoms with Gasteiger partial charge in [-0.15, -0.1) is 10.2 Å². The smallest absolute Gasteiger partial charge is 0.266 e. The van der Waals surface area contributed by atoms with Gasteiger partial charge < -0.3 is 4.74 Å². The maximum absolute atomic E-state index is 12.2. The second kappa shape index (κ2) is 8.09. The highest BCUT2D eigenvalue weighted by Gasteiger charge is 2.17. The Labute approximate surface area is 154 Å². The molecule has 0 aliphatic heterocycles. The second-order valence-electron chi connectivity index (χ2n) is 5.37. The van der Waals surface area contributed by atoms with Crippen molar-refractivity contribution >= 4 is 34.0 Å². The molecule has 0 aliphatic carbocycles. The SMILES string of the molecule is CC(Oc1ccc(Cl)cc1)C(=O)Nc1nnc(Cc2ccccc2)s1. The molecule has 0 bridgehead atoms. The number of hydrogen-bond donors (Lipinski definition) is 1. The van der Waals surface area contributed by atoms with Gasteiger partial charge in [-0.05, 0) is 36.8 Å². The Morgan fingerprint density at radius 1 is 1.16 bits per heavy atom. The van der Waals surface area contributed by atoms with E-state index < -0.39 is 6.10 Å². The maximum atomic E-state index is 12.2. The predicted molar refractivity (Wildman–Crippen MR) is 99.3 cm³/mol. The number of carbonyl (C=O) groups is 1. The summed E-state index contributed by atoms with van der Waals surface area (Å²) < 4.78 is 5.59. The first kappa shape index (κ1) is 17.4. The Morgan fingerprint density at radius 2 is 1.88 bits per heavy atom. The van der Waals surface area contributed by atoms with Gasteiger partial charge >= 0.3 is 0 Å². The van der Waals surface area contributed by atoms with Crippen LogP contribution in [0.15, 0.2) is 54.6 Å². The van der Waals surface area contributed by atoms with E-state index in [9.17, 15) is 4.79 Å². The Kier molecular flexibility index (Phi) is 5.63. The van der Waals surface area contributed by atoms with Gasteiger partial charge in [-0.3, -0.25) is 10.1 Å². The number of anilines is 1. The fourth-order valence-corrected chi connectivity index (χ4v) is 3.03. The Hall–Kier alpha value is -2.44. The fraction of sp³-hybridized carbons (Fsp3) is 0.167. The van der Waals surface area contributed by atoms with Crippen LogP contribution in [0.2, 0.25) is 5.02 Å². The molecule has 1 aromatic heterocycles. The number of halogens is 1. The van der Waals surface area contributed by atoms with E-state index in [0.717, 1.165) is 10.6 Å². The number of nitrogens with zero attached hydrogens (tertiary/aromatic N) is 2. The van der Waals surface area contributed by atoms with Crippen molar-refractivity contribution in [3.05, 3.63) is 70.2 Å². The first-order chi connectivity index (χ1) is 12.1. The summed E-state index contributed by atoms with van der Waals surface area (Å²) in [7, 11) is 0. The molecule has 0 aliphatic rings. The predicted octanol–water partition coefficient (Wildman–Crippen LogP) is 4.19. The summed E-state index contributed by atoms with van der Waals surface area (Å²) in [6, 6.07) is 16.8. The molecular formula is C18H16ClN3O2S. The van der Waals surface area contributed by atoms with E-state index in [-0.39, 0.29) is 5.91 Å². The molecule has 25 heavy (non-hydrogen) atoms. The lowest BCUT2D eigenvalue weighted by molar-refractivity contribution is -0.122. The van der Waals surface area contributed by atoms with Crippen molar-refractivity contribution < 1.29 is 9.53 Å². The van der Waals surface area contributed by atoms with Gasteiger partial charge in [-0.25, -0.2) is 0 Å². The van der Waals surface area contributed by atoms with Gasteiger partial charge in [0.2, 0.25) is 5.13 Å². The van der Waals surface area contributed by atoms with Gasteiger partial charge in [-0.2, -0.15) is 0 Å².